The molecule has 2 heterocycles. The minimum absolute atomic E-state index is 0.0259. The van der Waals surface area contributed by atoms with Crippen LogP contribution in [0, 0.1) is 5.41 Å². The molecule has 122 valence electrons. The van der Waals surface area contributed by atoms with Gasteiger partial charge in [0.25, 0.3) is 0 Å². The second kappa shape index (κ2) is 6.92. The van der Waals surface area contributed by atoms with Crippen LogP contribution >= 0.6 is 0 Å². The fourth-order valence-corrected chi connectivity index (χ4v) is 3.69. The number of morpholine rings is 1. The van der Waals surface area contributed by atoms with Crippen LogP contribution in [-0.4, -0.2) is 74.3 Å². The zero-order valence-electron chi connectivity index (χ0n) is 13.2. The molecule has 3 fully saturated rings. The summed E-state index contributed by atoms with van der Waals surface area (Å²) in [6.07, 6.45) is 5.15. The van der Waals surface area contributed by atoms with E-state index in [1.165, 1.54) is 12.8 Å². The molecule has 0 amide bonds. The Morgan fingerprint density at radius 3 is 2.67 bits per heavy atom. The van der Waals surface area contributed by atoms with Gasteiger partial charge in [-0.1, -0.05) is 0 Å². The standard InChI is InChI=1S/C16H30N2O3/c1-13-8-18(9-15(10-19)21-13)12-16(4-6-20-7-5-16)11-17-14-2-3-14/h13-15,17,19H,2-12H2,1H3. The van der Waals surface area contributed by atoms with Crippen molar-refractivity contribution in [3.63, 3.8) is 0 Å². The largest absolute Gasteiger partial charge is 0.394 e. The fourth-order valence-electron chi connectivity index (χ4n) is 3.69. The van der Waals surface area contributed by atoms with Gasteiger partial charge in [-0.15, -0.1) is 0 Å². The molecule has 1 saturated carbocycles. The van der Waals surface area contributed by atoms with Crippen LogP contribution in [0.5, 0.6) is 0 Å². The van der Waals surface area contributed by atoms with Crippen molar-refractivity contribution in [3.05, 3.63) is 0 Å². The fraction of sp³-hybridized carbons (Fsp3) is 1.00. The van der Waals surface area contributed by atoms with Crippen molar-refractivity contribution in [1.29, 1.82) is 0 Å². The van der Waals surface area contributed by atoms with E-state index in [-0.39, 0.29) is 18.8 Å². The summed E-state index contributed by atoms with van der Waals surface area (Å²) >= 11 is 0. The topological polar surface area (TPSA) is 54.0 Å². The molecule has 3 aliphatic rings. The molecule has 2 unspecified atom stereocenters. The maximum Gasteiger partial charge on any atom is 0.0936 e. The maximum atomic E-state index is 9.40. The zero-order valence-corrected chi connectivity index (χ0v) is 13.2. The zero-order chi connectivity index (χ0) is 14.7. The third-order valence-electron chi connectivity index (χ3n) is 5.06. The molecule has 0 radical (unpaired) electrons. The Hall–Kier alpha value is -0.200. The van der Waals surface area contributed by atoms with Gasteiger partial charge < -0.3 is 19.9 Å². The highest BCUT2D eigenvalue weighted by atomic mass is 16.5. The van der Waals surface area contributed by atoms with Gasteiger partial charge in [-0.25, -0.2) is 0 Å². The minimum atomic E-state index is -0.0259. The Morgan fingerprint density at radius 1 is 1.24 bits per heavy atom. The van der Waals surface area contributed by atoms with Crippen molar-refractivity contribution >= 4 is 0 Å². The van der Waals surface area contributed by atoms with E-state index in [1.54, 1.807) is 0 Å². The molecule has 3 rings (SSSR count). The molecule has 2 atom stereocenters. The van der Waals surface area contributed by atoms with Crippen LogP contribution < -0.4 is 5.32 Å². The first-order valence-electron chi connectivity index (χ1n) is 8.49. The Kier molecular flexibility index (Phi) is 5.17. The van der Waals surface area contributed by atoms with Crippen LogP contribution in [0.2, 0.25) is 0 Å². The van der Waals surface area contributed by atoms with Gasteiger partial charge in [0.05, 0.1) is 18.8 Å². The maximum absolute atomic E-state index is 9.40. The summed E-state index contributed by atoms with van der Waals surface area (Å²) < 4.78 is 11.4. The summed E-state index contributed by atoms with van der Waals surface area (Å²) in [6.45, 7) is 8.03. The molecule has 0 aromatic carbocycles. The third kappa shape index (κ3) is 4.39. The quantitative estimate of drug-likeness (QED) is 0.753. The van der Waals surface area contributed by atoms with Crippen molar-refractivity contribution in [2.24, 2.45) is 5.41 Å². The lowest BCUT2D eigenvalue weighted by Crippen LogP contribution is -2.54. The Balaban J connectivity index is 1.59. The number of hydrogen-bond donors (Lipinski definition) is 2. The van der Waals surface area contributed by atoms with Crippen LogP contribution in [0.3, 0.4) is 0 Å². The number of aliphatic hydroxyl groups is 1. The van der Waals surface area contributed by atoms with Gasteiger partial charge in [0, 0.05) is 45.4 Å². The van der Waals surface area contributed by atoms with Gasteiger partial charge in [0.15, 0.2) is 0 Å². The highest BCUT2D eigenvalue weighted by Crippen LogP contribution is 2.33. The average molecular weight is 298 g/mol. The Bertz CT molecular complexity index is 329. The third-order valence-corrected chi connectivity index (χ3v) is 5.06. The predicted molar refractivity (Wildman–Crippen MR) is 81.4 cm³/mol. The lowest BCUT2D eigenvalue weighted by Gasteiger charge is -2.44. The first-order valence-corrected chi connectivity index (χ1v) is 8.49. The SMILES string of the molecule is CC1CN(CC2(CNC3CC3)CCOCC2)CC(CO)O1. The molecule has 1 aliphatic carbocycles. The number of nitrogens with zero attached hydrogens (tertiary/aromatic N) is 1. The Labute approximate surface area is 128 Å². The predicted octanol–water partition coefficient (Wildman–Crippen LogP) is 0.617. The normalized spacial score (nSPS) is 34.0. The summed E-state index contributed by atoms with van der Waals surface area (Å²) in [5.41, 5.74) is 0.331. The minimum Gasteiger partial charge on any atom is -0.394 e. The highest BCUT2D eigenvalue weighted by Gasteiger charge is 2.38. The van der Waals surface area contributed by atoms with Gasteiger partial charge >= 0.3 is 0 Å². The van der Waals surface area contributed by atoms with Gasteiger partial charge in [0.2, 0.25) is 0 Å². The Morgan fingerprint density at radius 2 is 2.00 bits per heavy atom. The molecule has 21 heavy (non-hydrogen) atoms. The lowest BCUT2D eigenvalue weighted by atomic mass is 9.79. The molecule has 5 heteroatoms. The lowest BCUT2D eigenvalue weighted by molar-refractivity contribution is -0.109. The van der Waals surface area contributed by atoms with Crippen LogP contribution in [-0.2, 0) is 9.47 Å². The average Bonchev–Trinajstić information content (AvgIpc) is 3.30. The summed E-state index contributed by atoms with van der Waals surface area (Å²) in [6, 6.07) is 0.763. The van der Waals surface area contributed by atoms with Crippen molar-refractivity contribution in [3.8, 4) is 0 Å². The summed E-state index contributed by atoms with van der Waals surface area (Å²) in [4.78, 5) is 2.49. The van der Waals surface area contributed by atoms with E-state index in [4.69, 9.17) is 9.47 Å². The summed E-state index contributed by atoms with van der Waals surface area (Å²) in [7, 11) is 0. The number of rotatable bonds is 6. The molecule has 0 bridgehead atoms. The van der Waals surface area contributed by atoms with Crippen molar-refractivity contribution in [2.75, 3.05) is 46.0 Å². The van der Waals surface area contributed by atoms with Crippen LogP contribution in [0.25, 0.3) is 0 Å². The number of hydrogen-bond acceptors (Lipinski definition) is 5. The van der Waals surface area contributed by atoms with E-state index in [2.05, 4.69) is 17.1 Å². The van der Waals surface area contributed by atoms with Crippen LogP contribution in [0.4, 0.5) is 0 Å². The smallest absolute Gasteiger partial charge is 0.0936 e. The van der Waals surface area contributed by atoms with Gasteiger partial charge in [-0.3, -0.25) is 4.90 Å². The molecule has 5 nitrogen and oxygen atoms in total. The van der Waals surface area contributed by atoms with E-state index in [9.17, 15) is 5.11 Å². The van der Waals surface area contributed by atoms with Gasteiger partial charge in [-0.2, -0.15) is 0 Å². The first kappa shape index (κ1) is 15.7. The number of ether oxygens (including phenoxy) is 2. The molecule has 2 saturated heterocycles. The van der Waals surface area contributed by atoms with E-state index < -0.39 is 0 Å². The second-order valence-corrected chi connectivity index (χ2v) is 7.21. The van der Waals surface area contributed by atoms with Gasteiger partial charge in [0.1, 0.15) is 0 Å². The molecular formula is C16H30N2O3. The van der Waals surface area contributed by atoms with E-state index in [1.807, 2.05) is 0 Å². The van der Waals surface area contributed by atoms with Crippen molar-refractivity contribution < 1.29 is 14.6 Å². The summed E-state index contributed by atoms with van der Waals surface area (Å²) in [5.74, 6) is 0. The van der Waals surface area contributed by atoms with Crippen LogP contribution in [0.1, 0.15) is 32.6 Å². The molecular weight excluding hydrogens is 268 g/mol. The second-order valence-electron chi connectivity index (χ2n) is 7.21. The number of nitrogens with one attached hydrogen (secondary N) is 1. The van der Waals surface area contributed by atoms with Crippen LogP contribution in [0.15, 0.2) is 0 Å². The summed E-state index contributed by atoms with van der Waals surface area (Å²) in [5, 5.41) is 13.1. The van der Waals surface area contributed by atoms with E-state index in [0.29, 0.717) is 5.41 Å². The number of aliphatic hydroxyl groups excluding tert-OH is 1. The van der Waals surface area contributed by atoms with Crippen molar-refractivity contribution in [2.45, 2.75) is 50.9 Å². The molecule has 0 spiro atoms. The molecule has 2 N–H and O–H groups in total. The van der Waals surface area contributed by atoms with E-state index >= 15 is 0 Å². The molecule has 0 aromatic heterocycles. The molecule has 2 aliphatic heterocycles. The highest BCUT2D eigenvalue weighted by molar-refractivity contribution is 4.92. The van der Waals surface area contributed by atoms with Gasteiger partial charge in [-0.05, 0) is 38.0 Å². The van der Waals surface area contributed by atoms with E-state index in [0.717, 1.165) is 58.3 Å². The first-order chi connectivity index (χ1) is 10.2. The van der Waals surface area contributed by atoms with Crippen molar-refractivity contribution in [1.82, 2.24) is 10.2 Å². The monoisotopic (exact) mass is 298 g/mol. The molecule has 0 aromatic rings.